The molecule has 0 unspecified atom stereocenters. The summed E-state index contributed by atoms with van der Waals surface area (Å²) in [6.45, 7) is 2.18. The Morgan fingerprint density at radius 1 is 1.20 bits per heavy atom. The molecule has 1 aliphatic rings. The molecule has 0 saturated carbocycles. The first-order valence-electron chi connectivity index (χ1n) is 6.83. The van der Waals surface area contributed by atoms with E-state index in [1.807, 2.05) is 40.1 Å². The van der Waals surface area contributed by atoms with Gasteiger partial charge in [0.15, 0.2) is 0 Å². The fourth-order valence-corrected chi connectivity index (χ4v) is 2.34. The van der Waals surface area contributed by atoms with E-state index in [1.165, 1.54) is 5.56 Å². The van der Waals surface area contributed by atoms with E-state index in [0.29, 0.717) is 18.7 Å². The molecule has 20 heavy (non-hydrogen) atoms. The van der Waals surface area contributed by atoms with Gasteiger partial charge in [-0.25, -0.2) is 0 Å². The minimum atomic E-state index is 0.0636. The van der Waals surface area contributed by atoms with Crippen molar-refractivity contribution in [3.05, 3.63) is 66.0 Å². The number of hydrogen-bond donors (Lipinski definition) is 0. The molecule has 0 saturated heterocycles. The van der Waals surface area contributed by atoms with Crippen LogP contribution in [0.4, 0.5) is 0 Å². The number of benzene rings is 1. The zero-order valence-corrected chi connectivity index (χ0v) is 11.3. The Morgan fingerprint density at radius 2 is 2.05 bits per heavy atom. The maximum absolute atomic E-state index is 12.3. The zero-order valence-electron chi connectivity index (χ0n) is 11.3. The van der Waals surface area contributed by atoms with Crippen LogP contribution in [-0.4, -0.2) is 33.7 Å². The lowest BCUT2D eigenvalue weighted by Gasteiger charge is -2.22. The van der Waals surface area contributed by atoms with Crippen molar-refractivity contribution in [2.45, 2.75) is 13.0 Å². The monoisotopic (exact) mass is 267 g/mol. The van der Waals surface area contributed by atoms with Crippen LogP contribution in [0.2, 0.25) is 0 Å². The number of amides is 1. The van der Waals surface area contributed by atoms with E-state index in [-0.39, 0.29) is 5.91 Å². The first-order chi connectivity index (χ1) is 9.83. The van der Waals surface area contributed by atoms with Gasteiger partial charge >= 0.3 is 0 Å². The minimum Gasteiger partial charge on any atom is -0.335 e. The molecular weight excluding hydrogens is 250 g/mol. The Hall–Kier alpha value is -2.36. The van der Waals surface area contributed by atoms with Crippen LogP contribution in [0.1, 0.15) is 22.3 Å². The van der Waals surface area contributed by atoms with Gasteiger partial charge in [0, 0.05) is 19.3 Å². The largest absolute Gasteiger partial charge is 0.335 e. The minimum absolute atomic E-state index is 0.0636. The quantitative estimate of drug-likeness (QED) is 0.801. The second-order valence-electron chi connectivity index (χ2n) is 4.92. The van der Waals surface area contributed by atoms with Crippen molar-refractivity contribution in [3.8, 4) is 0 Å². The van der Waals surface area contributed by atoms with Crippen LogP contribution in [0, 0.1) is 0 Å². The van der Waals surface area contributed by atoms with E-state index in [2.05, 4.69) is 23.3 Å². The number of carbonyl (C=O) groups excluding carboxylic acids is 1. The fraction of sp³-hybridized carbons (Fsp3) is 0.250. The molecule has 1 aromatic heterocycles. The number of rotatable bonds is 3. The number of aromatic nitrogens is 2. The highest BCUT2D eigenvalue weighted by molar-refractivity contribution is 5.93. The van der Waals surface area contributed by atoms with E-state index in [1.54, 1.807) is 6.20 Å². The number of hydrogen-bond acceptors (Lipinski definition) is 2. The normalized spacial score (nSPS) is 14.5. The maximum Gasteiger partial charge on any atom is 0.257 e. The molecule has 2 aromatic rings. The van der Waals surface area contributed by atoms with Gasteiger partial charge in [-0.1, -0.05) is 42.5 Å². The van der Waals surface area contributed by atoms with E-state index >= 15 is 0 Å². The van der Waals surface area contributed by atoms with Gasteiger partial charge in [-0.2, -0.15) is 5.10 Å². The summed E-state index contributed by atoms with van der Waals surface area (Å²) >= 11 is 0. The summed E-state index contributed by atoms with van der Waals surface area (Å²) in [7, 11) is 0. The summed E-state index contributed by atoms with van der Waals surface area (Å²) in [6, 6.07) is 10.1. The average molecular weight is 267 g/mol. The predicted octanol–water partition coefficient (Wildman–Crippen LogP) is 2.33. The smallest absolute Gasteiger partial charge is 0.257 e. The molecule has 0 N–H and O–H groups in total. The van der Waals surface area contributed by atoms with E-state index in [4.69, 9.17) is 0 Å². The van der Waals surface area contributed by atoms with E-state index < -0.39 is 0 Å². The van der Waals surface area contributed by atoms with Crippen molar-refractivity contribution in [2.75, 3.05) is 13.1 Å². The molecule has 0 fully saturated rings. The molecule has 102 valence electrons. The van der Waals surface area contributed by atoms with Crippen LogP contribution in [0.3, 0.4) is 0 Å². The summed E-state index contributed by atoms with van der Waals surface area (Å²) in [5, 5.41) is 4.28. The highest BCUT2D eigenvalue weighted by Crippen LogP contribution is 2.09. The van der Waals surface area contributed by atoms with Crippen molar-refractivity contribution < 1.29 is 4.79 Å². The van der Waals surface area contributed by atoms with Crippen molar-refractivity contribution in [1.82, 2.24) is 14.7 Å². The van der Waals surface area contributed by atoms with Crippen LogP contribution < -0.4 is 0 Å². The lowest BCUT2D eigenvalue weighted by atomic mass is 10.2. The molecular formula is C16H17N3O. The van der Waals surface area contributed by atoms with Gasteiger partial charge in [0.2, 0.25) is 0 Å². The topological polar surface area (TPSA) is 38.1 Å². The van der Waals surface area contributed by atoms with Crippen molar-refractivity contribution in [2.24, 2.45) is 0 Å². The Balaban J connectivity index is 1.70. The van der Waals surface area contributed by atoms with Crippen LogP contribution in [0.25, 0.3) is 0 Å². The van der Waals surface area contributed by atoms with Crippen LogP contribution in [0.5, 0.6) is 0 Å². The number of nitrogens with zero attached hydrogens (tertiary/aromatic N) is 3. The Labute approximate surface area is 118 Å². The third-order valence-corrected chi connectivity index (χ3v) is 3.41. The standard InChI is InChI=1S/C16H17N3O/c20-16(18-9-5-2-6-10-18)15-11-17-19(13-15)12-14-7-3-1-4-8-14/h1-5,7-8,11,13H,6,9-10,12H2. The molecule has 2 heterocycles. The average Bonchev–Trinajstić information content (AvgIpc) is 2.97. The second-order valence-corrected chi connectivity index (χ2v) is 4.92. The molecule has 0 atom stereocenters. The van der Waals surface area contributed by atoms with E-state index in [0.717, 1.165) is 13.0 Å². The molecule has 0 radical (unpaired) electrons. The molecule has 3 rings (SSSR count). The van der Waals surface area contributed by atoms with Gasteiger partial charge in [-0.15, -0.1) is 0 Å². The van der Waals surface area contributed by atoms with Gasteiger partial charge in [0.05, 0.1) is 18.3 Å². The molecule has 0 spiro atoms. The van der Waals surface area contributed by atoms with Gasteiger partial charge in [-0.3, -0.25) is 9.48 Å². The Morgan fingerprint density at radius 3 is 2.80 bits per heavy atom. The number of carbonyl (C=O) groups is 1. The predicted molar refractivity (Wildman–Crippen MR) is 77.4 cm³/mol. The maximum atomic E-state index is 12.3. The molecule has 4 nitrogen and oxygen atoms in total. The van der Waals surface area contributed by atoms with Gasteiger partial charge in [0.1, 0.15) is 0 Å². The Kier molecular flexibility index (Phi) is 3.63. The zero-order chi connectivity index (χ0) is 13.8. The van der Waals surface area contributed by atoms with Crippen LogP contribution >= 0.6 is 0 Å². The highest BCUT2D eigenvalue weighted by Gasteiger charge is 2.17. The summed E-state index contributed by atoms with van der Waals surface area (Å²) < 4.78 is 1.81. The van der Waals surface area contributed by atoms with Gasteiger partial charge < -0.3 is 4.90 Å². The molecule has 1 aromatic carbocycles. The van der Waals surface area contributed by atoms with Crippen LogP contribution in [-0.2, 0) is 6.54 Å². The highest BCUT2D eigenvalue weighted by atomic mass is 16.2. The summed E-state index contributed by atoms with van der Waals surface area (Å²) in [5.74, 6) is 0.0636. The van der Waals surface area contributed by atoms with E-state index in [9.17, 15) is 4.79 Å². The van der Waals surface area contributed by atoms with Crippen molar-refractivity contribution >= 4 is 5.91 Å². The van der Waals surface area contributed by atoms with Gasteiger partial charge in [-0.05, 0) is 12.0 Å². The fourth-order valence-electron chi connectivity index (χ4n) is 2.34. The van der Waals surface area contributed by atoms with Crippen LogP contribution in [0.15, 0.2) is 54.9 Å². The molecule has 1 aliphatic heterocycles. The first kappa shape index (κ1) is 12.7. The summed E-state index contributed by atoms with van der Waals surface area (Å²) in [4.78, 5) is 14.2. The van der Waals surface area contributed by atoms with Gasteiger partial charge in [0.25, 0.3) is 5.91 Å². The Bertz CT molecular complexity index is 616. The summed E-state index contributed by atoms with van der Waals surface area (Å²) in [5.41, 5.74) is 1.84. The molecule has 4 heteroatoms. The molecule has 0 aliphatic carbocycles. The van der Waals surface area contributed by atoms with Crippen molar-refractivity contribution in [1.29, 1.82) is 0 Å². The first-order valence-corrected chi connectivity index (χ1v) is 6.83. The molecule has 1 amide bonds. The third-order valence-electron chi connectivity index (χ3n) is 3.41. The SMILES string of the molecule is O=C(c1cnn(Cc2ccccc2)c1)N1CC=CCC1. The molecule has 0 bridgehead atoms. The summed E-state index contributed by atoms with van der Waals surface area (Å²) in [6.07, 6.45) is 8.57. The second kappa shape index (κ2) is 5.74. The lowest BCUT2D eigenvalue weighted by Crippen LogP contribution is -2.33. The lowest BCUT2D eigenvalue weighted by molar-refractivity contribution is 0.0771. The van der Waals surface area contributed by atoms with Crippen molar-refractivity contribution in [3.63, 3.8) is 0 Å². The third kappa shape index (κ3) is 2.79.